The molecule has 3 heterocycles. The molecule has 0 unspecified atom stereocenters. The van der Waals surface area contributed by atoms with Crippen molar-refractivity contribution in [1.82, 2.24) is 14.4 Å². The Hall–Kier alpha value is -3.04. The Morgan fingerprint density at radius 3 is 2.24 bits per heavy atom. The first-order valence-electron chi connectivity index (χ1n) is 14.7. The van der Waals surface area contributed by atoms with Gasteiger partial charge in [0.1, 0.15) is 17.0 Å². The van der Waals surface area contributed by atoms with Crippen molar-refractivity contribution in [3.63, 3.8) is 0 Å². The minimum absolute atomic E-state index is 0.0893. The third kappa shape index (κ3) is 6.04. The van der Waals surface area contributed by atoms with Gasteiger partial charge in [-0.25, -0.2) is 0 Å². The third-order valence-electron chi connectivity index (χ3n) is 8.72. The van der Waals surface area contributed by atoms with E-state index in [4.69, 9.17) is 39.4 Å². The molecular formula is C32H39Cl2N5O3. The summed E-state index contributed by atoms with van der Waals surface area (Å²) in [5, 5.41) is 1.04. The lowest BCUT2D eigenvalue weighted by Gasteiger charge is -2.48. The van der Waals surface area contributed by atoms with E-state index in [1.165, 1.54) is 6.42 Å². The molecule has 224 valence electrons. The van der Waals surface area contributed by atoms with Gasteiger partial charge < -0.3 is 25.7 Å². The summed E-state index contributed by atoms with van der Waals surface area (Å²) in [6.45, 7) is 3.80. The molecule has 10 heteroatoms. The Balaban J connectivity index is 1.46. The molecule has 42 heavy (non-hydrogen) atoms. The summed E-state index contributed by atoms with van der Waals surface area (Å²) in [4.78, 5) is 30.9. The number of nitrogens with two attached hydrogens (primary N) is 2. The van der Waals surface area contributed by atoms with Gasteiger partial charge in [0.25, 0.3) is 5.91 Å². The molecule has 2 aromatic carbocycles. The molecule has 0 radical (unpaired) electrons. The van der Waals surface area contributed by atoms with Crippen LogP contribution in [-0.4, -0.2) is 71.1 Å². The predicted octanol–water partition coefficient (Wildman–Crippen LogP) is 5.34. The molecule has 2 fully saturated rings. The van der Waals surface area contributed by atoms with Crippen LogP contribution in [0, 0.1) is 0 Å². The number of primary amides is 1. The van der Waals surface area contributed by atoms with Crippen LogP contribution in [0.3, 0.4) is 0 Å². The van der Waals surface area contributed by atoms with Crippen molar-refractivity contribution >= 4 is 35.0 Å². The zero-order valence-electron chi connectivity index (χ0n) is 24.1. The summed E-state index contributed by atoms with van der Waals surface area (Å²) in [7, 11) is 1.90. The largest absolute Gasteiger partial charge is 0.494 e. The van der Waals surface area contributed by atoms with E-state index in [2.05, 4.69) is 4.90 Å². The molecule has 4 N–H and O–H groups in total. The standard InChI is InChI=1S/C32H39Cl2N5O3/c1-37-28(30(40)38-17-12-32(13-18-38,31(36)41)39-15-3-2-4-16-39)21-26(25-11-8-23(33)20-27(25)34)29(37)22-6-9-24(10-7-22)42-19-5-14-35/h6-11,20-21H,2-5,12-19,35H2,1H3,(H2,36,41). The fraction of sp³-hybridized carbons (Fsp3) is 0.438. The van der Waals surface area contributed by atoms with E-state index >= 15 is 0 Å². The average Bonchev–Trinajstić information content (AvgIpc) is 3.34. The minimum atomic E-state index is -0.688. The number of amides is 2. The highest BCUT2D eigenvalue weighted by molar-refractivity contribution is 6.36. The number of carbonyl (C=O) groups is 2. The number of benzene rings is 2. The highest BCUT2D eigenvalue weighted by Crippen LogP contribution is 2.40. The van der Waals surface area contributed by atoms with Gasteiger partial charge in [0.15, 0.2) is 0 Å². The number of aromatic nitrogens is 1. The molecule has 0 bridgehead atoms. The number of hydrogen-bond acceptors (Lipinski definition) is 5. The smallest absolute Gasteiger partial charge is 0.270 e. The van der Waals surface area contributed by atoms with Crippen molar-refractivity contribution in [3.05, 3.63) is 64.3 Å². The van der Waals surface area contributed by atoms with Crippen molar-refractivity contribution in [3.8, 4) is 28.1 Å². The molecule has 8 nitrogen and oxygen atoms in total. The summed E-state index contributed by atoms with van der Waals surface area (Å²) < 4.78 is 7.72. The lowest BCUT2D eigenvalue weighted by molar-refractivity contribution is -0.134. The third-order valence-corrected chi connectivity index (χ3v) is 9.26. The first kappa shape index (κ1) is 30.4. The maximum absolute atomic E-state index is 14.0. The van der Waals surface area contributed by atoms with Gasteiger partial charge in [-0.3, -0.25) is 14.5 Å². The van der Waals surface area contributed by atoms with Crippen molar-refractivity contribution in [2.75, 3.05) is 39.3 Å². The van der Waals surface area contributed by atoms with Crippen molar-refractivity contribution in [1.29, 1.82) is 0 Å². The van der Waals surface area contributed by atoms with Crippen LogP contribution in [0.1, 0.15) is 49.0 Å². The zero-order chi connectivity index (χ0) is 29.9. The van der Waals surface area contributed by atoms with Crippen molar-refractivity contribution < 1.29 is 14.3 Å². The van der Waals surface area contributed by atoms with Crippen LogP contribution in [-0.2, 0) is 11.8 Å². The number of likely N-dealkylation sites (tertiary alicyclic amines) is 2. The summed E-state index contributed by atoms with van der Waals surface area (Å²) in [5.41, 5.74) is 14.8. The number of hydrogen-bond donors (Lipinski definition) is 2. The summed E-state index contributed by atoms with van der Waals surface area (Å²) in [6, 6.07) is 15.1. The van der Waals surface area contributed by atoms with E-state index in [0.29, 0.717) is 54.8 Å². The van der Waals surface area contributed by atoms with E-state index < -0.39 is 5.54 Å². The molecular weight excluding hydrogens is 573 g/mol. The molecule has 3 aromatic rings. The molecule has 0 saturated carbocycles. The summed E-state index contributed by atoms with van der Waals surface area (Å²) in [5.74, 6) is 0.380. The molecule has 5 rings (SSSR count). The highest BCUT2D eigenvalue weighted by Gasteiger charge is 2.46. The van der Waals surface area contributed by atoms with Crippen molar-refractivity contribution in [2.24, 2.45) is 18.5 Å². The SMILES string of the molecule is Cn1c(C(=O)N2CCC(C(N)=O)(N3CCCCC3)CC2)cc(-c2ccc(Cl)cc2Cl)c1-c1ccc(OCCCN)cc1. The van der Waals surface area contributed by atoms with Crippen LogP contribution in [0.15, 0.2) is 48.5 Å². The van der Waals surface area contributed by atoms with Crippen LogP contribution < -0.4 is 16.2 Å². The topological polar surface area (TPSA) is 107 Å². The first-order chi connectivity index (χ1) is 20.2. The molecule has 0 aliphatic carbocycles. The number of halogens is 2. The second kappa shape index (κ2) is 13.1. The van der Waals surface area contributed by atoms with Gasteiger partial charge in [-0.05, 0) is 99.8 Å². The number of rotatable bonds is 9. The monoisotopic (exact) mass is 611 g/mol. The molecule has 2 aliphatic heterocycles. The van der Waals surface area contributed by atoms with Gasteiger partial charge in [0.05, 0.1) is 12.3 Å². The van der Waals surface area contributed by atoms with Crippen LogP contribution in [0.25, 0.3) is 22.4 Å². The Bertz CT molecular complexity index is 1420. The molecule has 0 atom stereocenters. The van der Waals surface area contributed by atoms with Gasteiger partial charge in [-0.15, -0.1) is 0 Å². The van der Waals surface area contributed by atoms with Gasteiger partial charge >= 0.3 is 0 Å². The molecule has 0 spiro atoms. The molecule has 2 amide bonds. The Kier molecular flexibility index (Phi) is 9.47. The Morgan fingerprint density at radius 1 is 0.929 bits per heavy atom. The second-order valence-corrected chi connectivity index (χ2v) is 12.1. The van der Waals surface area contributed by atoms with Gasteiger partial charge in [-0.2, -0.15) is 0 Å². The maximum Gasteiger partial charge on any atom is 0.270 e. The van der Waals surface area contributed by atoms with Gasteiger partial charge in [0.2, 0.25) is 5.91 Å². The second-order valence-electron chi connectivity index (χ2n) is 11.2. The average molecular weight is 613 g/mol. The first-order valence-corrected chi connectivity index (χ1v) is 15.4. The number of carbonyl (C=O) groups excluding carboxylic acids is 2. The fourth-order valence-corrected chi connectivity index (χ4v) is 6.85. The number of nitrogens with zero attached hydrogens (tertiary/aromatic N) is 3. The van der Waals surface area contributed by atoms with Crippen LogP contribution in [0.2, 0.25) is 10.0 Å². The zero-order valence-corrected chi connectivity index (χ0v) is 25.6. The van der Waals surface area contributed by atoms with E-state index in [-0.39, 0.29) is 11.8 Å². The molecule has 2 saturated heterocycles. The fourth-order valence-electron chi connectivity index (χ4n) is 6.34. The summed E-state index contributed by atoms with van der Waals surface area (Å²) >= 11 is 12.9. The molecule has 2 aliphatic rings. The Labute approximate surface area is 257 Å². The van der Waals surface area contributed by atoms with E-state index in [0.717, 1.165) is 60.5 Å². The highest BCUT2D eigenvalue weighted by atomic mass is 35.5. The van der Waals surface area contributed by atoms with Crippen LogP contribution in [0.5, 0.6) is 5.75 Å². The van der Waals surface area contributed by atoms with Gasteiger partial charge in [-0.1, -0.05) is 35.7 Å². The van der Waals surface area contributed by atoms with E-state index in [1.54, 1.807) is 12.1 Å². The maximum atomic E-state index is 14.0. The van der Waals surface area contributed by atoms with Crippen LogP contribution >= 0.6 is 23.2 Å². The molecule has 1 aromatic heterocycles. The number of piperidine rings is 2. The number of ether oxygens (including phenoxy) is 1. The lowest BCUT2D eigenvalue weighted by Crippen LogP contribution is -2.63. The van der Waals surface area contributed by atoms with E-state index in [9.17, 15) is 9.59 Å². The summed E-state index contributed by atoms with van der Waals surface area (Å²) in [6.07, 6.45) is 5.16. The van der Waals surface area contributed by atoms with Gasteiger partial charge in [0, 0.05) is 41.3 Å². The minimum Gasteiger partial charge on any atom is -0.494 e. The van der Waals surface area contributed by atoms with E-state index in [1.807, 2.05) is 52.9 Å². The predicted molar refractivity (Wildman–Crippen MR) is 168 cm³/mol. The normalized spacial score (nSPS) is 17.3. The van der Waals surface area contributed by atoms with Crippen molar-refractivity contribution in [2.45, 2.75) is 44.1 Å². The lowest BCUT2D eigenvalue weighted by atomic mass is 9.83. The quantitative estimate of drug-likeness (QED) is 0.318. The Morgan fingerprint density at radius 2 is 1.62 bits per heavy atom. The van der Waals surface area contributed by atoms with Crippen LogP contribution in [0.4, 0.5) is 0 Å².